The normalized spacial score (nSPS) is 11.9. The molecule has 132 valence electrons. The lowest BCUT2D eigenvalue weighted by Crippen LogP contribution is -1.95. The minimum atomic E-state index is -1.22. The topological polar surface area (TPSA) is 17.1 Å². The fraction of sp³-hybridized carbons (Fsp3) is 0. The summed E-state index contributed by atoms with van der Waals surface area (Å²) < 4.78 is 13.2. The zero-order valence-electron chi connectivity index (χ0n) is 14.6. The maximum Gasteiger partial charge on any atom is 0.0861 e. The van der Waals surface area contributed by atoms with Gasteiger partial charge in [-0.1, -0.05) is 84.6 Å². The van der Waals surface area contributed by atoms with Crippen LogP contribution in [0.25, 0.3) is 11.1 Å². The molecule has 0 spiro atoms. The molecule has 0 aliphatic carbocycles. The standard InChI is InChI=1S/C24H18OS2/c25-27(22-17-15-20(16-18-22)19-9-3-1-4-10-19)24-14-8-7-13-23(24)26-21-11-5-2-6-12-21/h1-18H. The molecule has 4 aromatic carbocycles. The van der Waals surface area contributed by atoms with Gasteiger partial charge in [-0.05, 0) is 47.5 Å². The lowest BCUT2D eigenvalue weighted by molar-refractivity contribution is 0.681. The van der Waals surface area contributed by atoms with Crippen molar-refractivity contribution in [3.63, 3.8) is 0 Å². The molecule has 1 nitrogen and oxygen atoms in total. The first kappa shape index (κ1) is 17.8. The molecule has 3 heteroatoms. The van der Waals surface area contributed by atoms with E-state index in [0.717, 1.165) is 30.7 Å². The minimum absolute atomic E-state index is 0.816. The van der Waals surface area contributed by atoms with Crippen molar-refractivity contribution in [1.82, 2.24) is 0 Å². The summed E-state index contributed by atoms with van der Waals surface area (Å²) in [6, 6.07) is 36.3. The van der Waals surface area contributed by atoms with Crippen molar-refractivity contribution < 1.29 is 4.21 Å². The van der Waals surface area contributed by atoms with Gasteiger partial charge in [0.1, 0.15) is 0 Å². The molecule has 0 aromatic heterocycles. The van der Waals surface area contributed by atoms with Crippen LogP contribution in [-0.2, 0) is 10.8 Å². The molecule has 1 atom stereocenters. The summed E-state index contributed by atoms with van der Waals surface area (Å²) in [6.07, 6.45) is 0. The Kier molecular flexibility index (Phi) is 5.52. The molecule has 0 amide bonds. The number of hydrogen-bond acceptors (Lipinski definition) is 2. The second-order valence-corrected chi connectivity index (χ2v) is 8.59. The molecule has 0 aliphatic rings. The van der Waals surface area contributed by atoms with E-state index in [2.05, 4.69) is 24.3 Å². The minimum Gasteiger partial charge on any atom is -0.249 e. The van der Waals surface area contributed by atoms with Gasteiger partial charge >= 0.3 is 0 Å². The average Bonchev–Trinajstić information content (AvgIpc) is 2.75. The lowest BCUT2D eigenvalue weighted by Gasteiger charge is -2.10. The molecule has 0 fully saturated rings. The van der Waals surface area contributed by atoms with Gasteiger partial charge in [-0.25, -0.2) is 4.21 Å². The monoisotopic (exact) mass is 386 g/mol. The fourth-order valence-corrected chi connectivity index (χ4v) is 5.14. The first-order valence-corrected chi connectivity index (χ1v) is 10.7. The second-order valence-electron chi connectivity index (χ2n) is 6.02. The predicted molar refractivity (Wildman–Crippen MR) is 114 cm³/mol. The first-order valence-electron chi connectivity index (χ1n) is 8.70. The van der Waals surface area contributed by atoms with Gasteiger partial charge in [0.15, 0.2) is 0 Å². The molecule has 1 unspecified atom stereocenters. The molecule has 0 aliphatic heterocycles. The number of benzene rings is 4. The molecule has 0 N–H and O–H groups in total. The Bertz CT molecular complexity index is 1040. The van der Waals surface area contributed by atoms with Crippen LogP contribution in [0.2, 0.25) is 0 Å². The van der Waals surface area contributed by atoms with Gasteiger partial charge in [0.25, 0.3) is 0 Å². The highest BCUT2D eigenvalue weighted by molar-refractivity contribution is 8.00. The van der Waals surface area contributed by atoms with E-state index in [0.29, 0.717) is 0 Å². The highest BCUT2D eigenvalue weighted by atomic mass is 32.2. The smallest absolute Gasteiger partial charge is 0.0861 e. The first-order chi connectivity index (χ1) is 13.3. The molecular formula is C24H18OS2. The third-order valence-electron chi connectivity index (χ3n) is 4.20. The highest BCUT2D eigenvalue weighted by Gasteiger charge is 2.13. The molecule has 0 bridgehead atoms. The van der Waals surface area contributed by atoms with Crippen molar-refractivity contribution >= 4 is 22.6 Å². The van der Waals surface area contributed by atoms with Crippen LogP contribution in [0.3, 0.4) is 0 Å². The largest absolute Gasteiger partial charge is 0.249 e. The average molecular weight is 387 g/mol. The van der Waals surface area contributed by atoms with Crippen LogP contribution in [0.4, 0.5) is 0 Å². The summed E-state index contributed by atoms with van der Waals surface area (Å²) in [5.74, 6) is 0. The van der Waals surface area contributed by atoms with Gasteiger partial charge in [-0.15, -0.1) is 0 Å². The molecule has 27 heavy (non-hydrogen) atoms. The third kappa shape index (κ3) is 4.21. The van der Waals surface area contributed by atoms with Gasteiger partial charge in [-0.2, -0.15) is 0 Å². The fourth-order valence-electron chi connectivity index (χ4n) is 2.83. The SMILES string of the molecule is O=S(c1ccc(-c2ccccc2)cc1)c1ccccc1Sc1ccccc1. The number of rotatable bonds is 5. The van der Waals surface area contributed by atoms with E-state index >= 15 is 0 Å². The van der Waals surface area contributed by atoms with Gasteiger partial charge in [0, 0.05) is 14.7 Å². The lowest BCUT2D eigenvalue weighted by atomic mass is 10.1. The summed E-state index contributed by atoms with van der Waals surface area (Å²) in [5.41, 5.74) is 2.29. The molecule has 0 saturated carbocycles. The quantitative estimate of drug-likeness (QED) is 0.381. The van der Waals surface area contributed by atoms with Crippen LogP contribution >= 0.6 is 11.8 Å². The van der Waals surface area contributed by atoms with Gasteiger partial charge < -0.3 is 0 Å². The van der Waals surface area contributed by atoms with Crippen LogP contribution in [0.15, 0.2) is 129 Å². The Morgan fingerprint density at radius 3 is 1.81 bits per heavy atom. The maximum absolute atomic E-state index is 13.2. The zero-order chi connectivity index (χ0) is 18.5. The van der Waals surface area contributed by atoms with E-state index in [1.54, 1.807) is 11.8 Å². The summed E-state index contributed by atoms with van der Waals surface area (Å²) in [4.78, 5) is 3.82. The van der Waals surface area contributed by atoms with Crippen molar-refractivity contribution in [1.29, 1.82) is 0 Å². The Balaban J connectivity index is 1.62. The van der Waals surface area contributed by atoms with Crippen LogP contribution in [0, 0.1) is 0 Å². The van der Waals surface area contributed by atoms with Crippen molar-refractivity contribution in [2.75, 3.05) is 0 Å². The second kappa shape index (κ2) is 8.38. The van der Waals surface area contributed by atoms with Crippen molar-refractivity contribution in [3.8, 4) is 11.1 Å². The van der Waals surface area contributed by atoms with Crippen molar-refractivity contribution in [2.24, 2.45) is 0 Å². The van der Waals surface area contributed by atoms with E-state index in [4.69, 9.17) is 0 Å². The molecule has 0 heterocycles. The van der Waals surface area contributed by atoms with Gasteiger partial charge in [0.2, 0.25) is 0 Å². The van der Waals surface area contributed by atoms with E-state index in [1.807, 2.05) is 84.9 Å². The Morgan fingerprint density at radius 1 is 0.556 bits per heavy atom. The van der Waals surface area contributed by atoms with E-state index in [-0.39, 0.29) is 0 Å². The van der Waals surface area contributed by atoms with Crippen molar-refractivity contribution in [2.45, 2.75) is 19.6 Å². The Morgan fingerprint density at radius 2 is 1.11 bits per heavy atom. The van der Waals surface area contributed by atoms with E-state index < -0.39 is 10.8 Å². The highest BCUT2D eigenvalue weighted by Crippen LogP contribution is 2.34. The summed E-state index contributed by atoms with van der Waals surface area (Å²) in [5, 5.41) is 0. The van der Waals surface area contributed by atoms with Gasteiger partial charge in [-0.3, -0.25) is 0 Å². The van der Waals surface area contributed by atoms with E-state index in [9.17, 15) is 4.21 Å². The molecule has 0 radical (unpaired) electrons. The molecule has 4 aromatic rings. The zero-order valence-corrected chi connectivity index (χ0v) is 16.3. The van der Waals surface area contributed by atoms with Crippen LogP contribution in [0.5, 0.6) is 0 Å². The molecular weight excluding hydrogens is 368 g/mol. The van der Waals surface area contributed by atoms with Crippen molar-refractivity contribution in [3.05, 3.63) is 109 Å². The summed E-state index contributed by atoms with van der Waals surface area (Å²) in [6.45, 7) is 0. The third-order valence-corrected chi connectivity index (χ3v) is 6.86. The maximum atomic E-state index is 13.2. The van der Waals surface area contributed by atoms with E-state index in [1.165, 1.54) is 0 Å². The van der Waals surface area contributed by atoms with Crippen LogP contribution < -0.4 is 0 Å². The molecule has 4 rings (SSSR count). The molecule has 0 saturated heterocycles. The Hall–Kier alpha value is -2.62. The number of hydrogen-bond donors (Lipinski definition) is 0. The summed E-state index contributed by atoms with van der Waals surface area (Å²) >= 11 is 1.64. The Labute approximate surface area is 166 Å². The summed E-state index contributed by atoms with van der Waals surface area (Å²) in [7, 11) is -1.22. The van der Waals surface area contributed by atoms with Crippen LogP contribution in [-0.4, -0.2) is 4.21 Å². The van der Waals surface area contributed by atoms with Gasteiger partial charge in [0.05, 0.1) is 15.7 Å². The predicted octanol–water partition coefficient (Wildman–Crippen LogP) is 6.67. The van der Waals surface area contributed by atoms with Crippen LogP contribution in [0.1, 0.15) is 0 Å².